The van der Waals surface area contributed by atoms with E-state index in [4.69, 9.17) is 10.2 Å². The van der Waals surface area contributed by atoms with Crippen LogP contribution in [0, 0.1) is 0 Å². The van der Waals surface area contributed by atoms with E-state index in [2.05, 4.69) is 5.32 Å². The molecule has 2 aromatic rings. The molecule has 0 aliphatic rings. The average Bonchev–Trinajstić information content (AvgIpc) is 2.82. The Balaban J connectivity index is 1.88. The number of para-hydroxylation sites is 1. The highest BCUT2D eigenvalue weighted by atomic mass is 16.3. The van der Waals surface area contributed by atoms with Crippen LogP contribution in [-0.2, 0) is 6.42 Å². The Morgan fingerprint density at radius 2 is 2.06 bits per heavy atom. The molecule has 1 amide bonds. The van der Waals surface area contributed by atoms with E-state index < -0.39 is 0 Å². The van der Waals surface area contributed by atoms with Crippen LogP contribution in [0.15, 0.2) is 47.1 Å². The molecule has 0 radical (unpaired) electrons. The minimum Gasteiger partial charge on any atom is -0.469 e. The first-order valence-electron chi connectivity index (χ1n) is 5.42. The zero-order valence-electron chi connectivity index (χ0n) is 9.35. The van der Waals surface area contributed by atoms with E-state index in [0.29, 0.717) is 24.2 Å². The van der Waals surface area contributed by atoms with Crippen molar-refractivity contribution < 1.29 is 9.21 Å². The number of amides is 1. The van der Waals surface area contributed by atoms with Gasteiger partial charge in [0.1, 0.15) is 5.76 Å². The highest BCUT2D eigenvalue weighted by Gasteiger charge is 2.07. The molecular weight excluding hydrogens is 216 g/mol. The van der Waals surface area contributed by atoms with E-state index in [-0.39, 0.29) is 5.91 Å². The van der Waals surface area contributed by atoms with Gasteiger partial charge in [-0.05, 0) is 24.3 Å². The fourth-order valence-corrected chi connectivity index (χ4v) is 1.55. The van der Waals surface area contributed by atoms with Crippen LogP contribution in [0.1, 0.15) is 16.1 Å². The van der Waals surface area contributed by atoms with E-state index in [1.54, 1.807) is 30.5 Å². The Morgan fingerprint density at radius 3 is 2.76 bits per heavy atom. The molecule has 0 aliphatic carbocycles. The van der Waals surface area contributed by atoms with Crippen LogP contribution >= 0.6 is 0 Å². The first kappa shape index (κ1) is 11.3. The van der Waals surface area contributed by atoms with E-state index in [1.165, 1.54) is 0 Å². The van der Waals surface area contributed by atoms with Gasteiger partial charge in [-0.2, -0.15) is 0 Å². The standard InChI is InChI=1S/C13H14N2O2/c14-12-6-2-1-5-11(12)13(16)15-8-7-10-4-3-9-17-10/h1-6,9H,7-8,14H2,(H,15,16). The molecule has 0 fully saturated rings. The third-order valence-corrected chi connectivity index (χ3v) is 2.44. The molecule has 17 heavy (non-hydrogen) atoms. The fraction of sp³-hybridized carbons (Fsp3) is 0.154. The molecule has 3 N–H and O–H groups in total. The molecule has 0 unspecified atom stereocenters. The van der Waals surface area contributed by atoms with Gasteiger partial charge in [0.15, 0.2) is 0 Å². The monoisotopic (exact) mass is 230 g/mol. The number of nitrogen functional groups attached to an aromatic ring is 1. The van der Waals surface area contributed by atoms with E-state index in [9.17, 15) is 4.79 Å². The highest BCUT2D eigenvalue weighted by Crippen LogP contribution is 2.09. The zero-order valence-corrected chi connectivity index (χ0v) is 9.35. The molecule has 0 bridgehead atoms. The summed E-state index contributed by atoms with van der Waals surface area (Å²) in [5.41, 5.74) is 6.70. The molecule has 2 rings (SSSR count). The number of rotatable bonds is 4. The normalized spacial score (nSPS) is 10.1. The highest BCUT2D eigenvalue weighted by molar-refractivity contribution is 5.99. The number of carbonyl (C=O) groups excluding carboxylic acids is 1. The van der Waals surface area contributed by atoms with Crippen LogP contribution in [0.25, 0.3) is 0 Å². The van der Waals surface area contributed by atoms with Gasteiger partial charge in [-0.15, -0.1) is 0 Å². The number of nitrogens with two attached hydrogens (primary N) is 1. The Bertz CT molecular complexity index is 492. The van der Waals surface area contributed by atoms with Crippen molar-refractivity contribution in [1.82, 2.24) is 5.32 Å². The van der Waals surface area contributed by atoms with Gasteiger partial charge in [0, 0.05) is 18.7 Å². The SMILES string of the molecule is Nc1ccccc1C(=O)NCCc1ccco1. The predicted molar refractivity (Wildman–Crippen MR) is 65.6 cm³/mol. The van der Waals surface area contributed by atoms with Gasteiger partial charge in [-0.1, -0.05) is 12.1 Å². The Hall–Kier alpha value is -2.23. The van der Waals surface area contributed by atoms with Crippen molar-refractivity contribution in [3.63, 3.8) is 0 Å². The quantitative estimate of drug-likeness (QED) is 0.787. The Labute approximate surface area is 99.4 Å². The van der Waals surface area contributed by atoms with Crippen molar-refractivity contribution in [1.29, 1.82) is 0 Å². The maximum absolute atomic E-state index is 11.8. The second-order valence-electron chi connectivity index (χ2n) is 3.67. The van der Waals surface area contributed by atoms with Gasteiger partial charge in [0.2, 0.25) is 0 Å². The van der Waals surface area contributed by atoms with Gasteiger partial charge in [-0.25, -0.2) is 0 Å². The molecule has 1 heterocycles. The van der Waals surface area contributed by atoms with Crippen LogP contribution in [-0.4, -0.2) is 12.5 Å². The van der Waals surface area contributed by atoms with Gasteiger partial charge in [0.05, 0.1) is 11.8 Å². The lowest BCUT2D eigenvalue weighted by atomic mass is 10.1. The van der Waals surface area contributed by atoms with Gasteiger partial charge < -0.3 is 15.5 Å². The van der Waals surface area contributed by atoms with Crippen LogP contribution in [0.5, 0.6) is 0 Å². The molecule has 1 aromatic carbocycles. The largest absolute Gasteiger partial charge is 0.469 e. The summed E-state index contributed by atoms with van der Waals surface area (Å²) in [6, 6.07) is 10.7. The zero-order chi connectivity index (χ0) is 12.1. The van der Waals surface area contributed by atoms with Crippen molar-refractivity contribution >= 4 is 11.6 Å². The minimum absolute atomic E-state index is 0.158. The molecule has 0 aliphatic heterocycles. The predicted octanol–water partition coefficient (Wildman–Crippen LogP) is 1.83. The summed E-state index contributed by atoms with van der Waals surface area (Å²) in [6.45, 7) is 0.528. The topological polar surface area (TPSA) is 68.3 Å². The molecule has 88 valence electrons. The number of benzene rings is 1. The number of hydrogen-bond donors (Lipinski definition) is 2. The van der Waals surface area contributed by atoms with Gasteiger partial charge in [-0.3, -0.25) is 4.79 Å². The van der Waals surface area contributed by atoms with Crippen molar-refractivity contribution in [2.75, 3.05) is 12.3 Å². The number of carbonyl (C=O) groups is 1. The minimum atomic E-state index is -0.158. The number of anilines is 1. The van der Waals surface area contributed by atoms with Crippen molar-refractivity contribution in [2.45, 2.75) is 6.42 Å². The Morgan fingerprint density at radius 1 is 1.24 bits per heavy atom. The summed E-state index contributed by atoms with van der Waals surface area (Å²) >= 11 is 0. The van der Waals surface area contributed by atoms with Crippen LogP contribution in [0.4, 0.5) is 5.69 Å². The maximum Gasteiger partial charge on any atom is 0.253 e. The summed E-state index contributed by atoms with van der Waals surface area (Å²) in [6.07, 6.45) is 2.29. The third kappa shape index (κ3) is 2.87. The molecular formula is C13H14N2O2. The van der Waals surface area contributed by atoms with Crippen molar-refractivity contribution in [2.24, 2.45) is 0 Å². The first-order chi connectivity index (χ1) is 8.27. The number of furan rings is 1. The molecule has 4 heteroatoms. The van der Waals surface area contributed by atoms with Gasteiger partial charge >= 0.3 is 0 Å². The summed E-state index contributed by atoms with van der Waals surface area (Å²) in [5.74, 6) is 0.695. The van der Waals surface area contributed by atoms with Gasteiger partial charge in [0.25, 0.3) is 5.91 Å². The average molecular weight is 230 g/mol. The van der Waals surface area contributed by atoms with Crippen LogP contribution in [0.3, 0.4) is 0 Å². The lowest BCUT2D eigenvalue weighted by Crippen LogP contribution is -2.26. The van der Waals surface area contributed by atoms with Crippen LogP contribution in [0.2, 0.25) is 0 Å². The summed E-state index contributed by atoms with van der Waals surface area (Å²) in [5, 5.41) is 2.80. The number of hydrogen-bond acceptors (Lipinski definition) is 3. The second kappa shape index (κ2) is 5.21. The molecule has 4 nitrogen and oxygen atoms in total. The summed E-state index contributed by atoms with van der Waals surface area (Å²) < 4.78 is 5.17. The second-order valence-corrected chi connectivity index (χ2v) is 3.67. The van der Waals surface area contributed by atoms with Crippen molar-refractivity contribution in [3.8, 4) is 0 Å². The number of nitrogens with one attached hydrogen (secondary N) is 1. The molecule has 0 atom stereocenters. The maximum atomic E-state index is 11.8. The summed E-state index contributed by atoms with van der Waals surface area (Å²) in [4.78, 5) is 11.8. The molecule has 0 spiro atoms. The first-order valence-corrected chi connectivity index (χ1v) is 5.42. The molecule has 0 saturated heterocycles. The lowest BCUT2D eigenvalue weighted by Gasteiger charge is -2.06. The smallest absolute Gasteiger partial charge is 0.253 e. The molecule has 1 aromatic heterocycles. The third-order valence-electron chi connectivity index (χ3n) is 2.44. The van der Waals surface area contributed by atoms with E-state index in [0.717, 1.165) is 5.76 Å². The lowest BCUT2D eigenvalue weighted by molar-refractivity contribution is 0.0954. The fourth-order valence-electron chi connectivity index (χ4n) is 1.55. The van der Waals surface area contributed by atoms with E-state index in [1.807, 2.05) is 12.1 Å². The van der Waals surface area contributed by atoms with E-state index >= 15 is 0 Å². The Kier molecular flexibility index (Phi) is 3.45. The van der Waals surface area contributed by atoms with Crippen LogP contribution < -0.4 is 11.1 Å². The summed E-state index contributed by atoms with van der Waals surface area (Å²) in [7, 11) is 0. The van der Waals surface area contributed by atoms with Crippen molar-refractivity contribution in [3.05, 3.63) is 54.0 Å². The molecule has 0 saturated carbocycles.